The fourth-order valence-electron chi connectivity index (χ4n) is 3.74. The van der Waals surface area contributed by atoms with Crippen LogP contribution in [0.1, 0.15) is 33.7 Å². The van der Waals surface area contributed by atoms with Gasteiger partial charge in [0.05, 0.1) is 41.6 Å². The Morgan fingerprint density at radius 1 is 1.07 bits per heavy atom. The zero-order chi connectivity index (χ0) is 18.8. The van der Waals surface area contributed by atoms with Crippen LogP contribution in [0, 0.1) is 13.8 Å². The van der Waals surface area contributed by atoms with Gasteiger partial charge >= 0.3 is 0 Å². The van der Waals surface area contributed by atoms with E-state index in [0.29, 0.717) is 5.56 Å². The summed E-state index contributed by atoms with van der Waals surface area (Å²) in [6, 6.07) is 16.3. The molecule has 0 spiro atoms. The Bertz CT molecular complexity index is 971. The summed E-state index contributed by atoms with van der Waals surface area (Å²) in [7, 11) is 0. The predicted molar refractivity (Wildman–Crippen MR) is 106 cm³/mol. The Hall–Kier alpha value is -2.79. The van der Waals surface area contributed by atoms with E-state index < -0.39 is 0 Å². The first-order chi connectivity index (χ1) is 13.1. The Morgan fingerprint density at radius 3 is 2.59 bits per heavy atom. The fraction of sp³-hybridized carbons (Fsp3) is 0.318. The number of amides is 1. The summed E-state index contributed by atoms with van der Waals surface area (Å²) in [4.78, 5) is 23.3. The summed E-state index contributed by atoms with van der Waals surface area (Å²) in [5.74, 6) is -0.0251. The molecule has 3 aromatic rings. The minimum absolute atomic E-state index is 0.0251. The summed E-state index contributed by atoms with van der Waals surface area (Å²) in [5, 5.41) is 3.19. The molecule has 1 unspecified atom stereocenters. The largest absolute Gasteiger partial charge is 0.343 e. The molecule has 5 nitrogen and oxygen atoms in total. The van der Waals surface area contributed by atoms with E-state index in [9.17, 15) is 4.79 Å². The van der Waals surface area contributed by atoms with E-state index in [4.69, 9.17) is 0 Å². The molecule has 1 saturated heterocycles. The van der Waals surface area contributed by atoms with Crippen LogP contribution in [0.5, 0.6) is 0 Å². The molecule has 4 rings (SSSR count). The van der Waals surface area contributed by atoms with Crippen molar-refractivity contribution in [2.45, 2.75) is 32.9 Å². The second-order valence-corrected chi connectivity index (χ2v) is 7.42. The lowest BCUT2D eigenvalue weighted by Crippen LogP contribution is -3.09. The van der Waals surface area contributed by atoms with Gasteiger partial charge in [-0.15, -0.1) is 0 Å². The molecule has 5 heteroatoms. The highest BCUT2D eigenvalue weighted by Crippen LogP contribution is 2.15. The number of likely N-dealkylation sites (tertiary alicyclic amines) is 1. The molecule has 0 aliphatic carbocycles. The molecular weight excluding hydrogens is 336 g/mol. The van der Waals surface area contributed by atoms with Gasteiger partial charge in [0, 0.05) is 17.5 Å². The maximum absolute atomic E-state index is 12.7. The van der Waals surface area contributed by atoms with E-state index in [-0.39, 0.29) is 11.9 Å². The zero-order valence-electron chi connectivity index (χ0n) is 15.8. The van der Waals surface area contributed by atoms with Gasteiger partial charge in [0.2, 0.25) is 0 Å². The second-order valence-electron chi connectivity index (χ2n) is 7.42. The Kier molecular flexibility index (Phi) is 4.86. The van der Waals surface area contributed by atoms with E-state index in [1.54, 1.807) is 0 Å². The molecule has 1 amide bonds. The van der Waals surface area contributed by atoms with Crippen molar-refractivity contribution >= 4 is 16.9 Å². The van der Waals surface area contributed by atoms with Gasteiger partial charge in [-0.3, -0.25) is 4.79 Å². The number of nitrogens with zero attached hydrogens (tertiary/aromatic N) is 2. The number of quaternary nitrogens is 1. The first-order valence-electron chi connectivity index (χ1n) is 9.52. The third-order valence-corrected chi connectivity index (χ3v) is 5.35. The van der Waals surface area contributed by atoms with Crippen LogP contribution in [0.3, 0.4) is 0 Å². The van der Waals surface area contributed by atoms with Crippen LogP contribution in [0.2, 0.25) is 0 Å². The smallest absolute Gasteiger partial charge is 0.251 e. The molecule has 2 heterocycles. The van der Waals surface area contributed by atoms with Crippen LogP contribution >= 0.6 is 0 Å². The topological polar surface area (TPSA) is 59.3 Å². The number of hydrogen-bond donors (Lipinski definition) is 2. The lowest BCUT2D eigenvalue weighted by Gasteiger charge is -2.14. The van der Waals surface area contributed by atoms with Crippen molar-refractivity contribution in [3.05, 3.63) is 71.0 Å². The van der Waals surface area contributed by atoms with Crippen LogP contribution in [0.25, 0.3) is 11.0 Å². The number of carbonyl (C=O) groups excluding carboxylic acids is 1. The summed E-state index contributed by atoms with van der Waals surface area (Å²) in [6.45, 7) is 6.95. The molecule has 2 atom stereocenters. The zero-order valence-corrected chi connectivity index (χ0v) is 15.8. The van der Waals surface area contributed by atoms with Gasteiger partial charge in [0.25, 0.3) is 5.91 Å². The number of aromatic nitrogens is 2. The van der Waals surface area contributed by atoms with E-state index in [2.05, 4.69) is 39.6 Å². The van der Waals surface area contributed by atoms with Gasteiger partial charge in [-0.1, -0.05) is 30.3 Å². The maximum Gasteiger partial charge on any atom is 0.251 e. The predicted octanol–water partition coefficient (Wildman–Crippen LogP) is 1.83. The van der Waals surface area contributed by atoms with Crippen LogP contribution in [0.4, 0.5) is 0 Å². The number of benzene rings is 2. The van der Waals surface area contributed by atoms with Gasteiger partial charge in [0.15, 0.2) is 0 Å². The molecule has 1 aromatic heterocycles. The monoisotopic (exact) mass is 361 g/mol. The van der Waals surface area contributed by atoms with Crippen molar-refractivity contribution in [2.75, 3.05) is 13.1 Å². The summed E-state index contributed by atoms with van der Waals surface area (Å²) in [6.07, 6.45) is 1.01. The molecule has 2 N–H and O–H groups in total. The van der Waals surface area contributed by atoms with Crippen molar-refractivity contribution in [1.82, 2.24) is 15.3 Å². The average Bonchev–Trinajstić information content (AvgIpc) is 3.10. The molecule has 27 heavy (non-hydrogen) atoms. The van der Waals surface area contributed by atoms with Gasteiger partial charge < -0.3 is 10.2 Å². The number of rotatable bonds is 4. The Morgan fingerprint density at radius 2 is 1.81 bits per heavy atom. The van der Waals surface area contributed by atoms with E-state index in [1.807, 2.05) is 38.1 Å². The third kappa shape index (κ3) is 3.98. The Labute approximate surface area is 159 Å². The standard InChI is InChI=1S/C22H24N4O/c1-15-16(2)24-21-12-18(8-9-20(21)23-15)22(27)25-19-10-11-26(14-19)13-17-6-4-3-5-7-17/h3-9,12,19H,10-11,13-14H2,1-2H3,(H,25,27)/p+1/t19-/m0/s1. The van der Waals surface area contributed by atoms with Crippen molar-refractivity contribution in [3.8, 4) is 0 Å². The minimum Gasteiger partial charge on any atom is -0.343 e. The molecule has 138 valence electrons. The quantitative estimate of drug-likeness (QED) is 0.745. The molecule has 1 aliphatic heterocycles. The summed E-state index contributed by atoms with van der Waals surface area (Å²) < 4.78 is 0. The maximum atomic E-state index is 12.7. The molecule has 0 radical (unpaired) electrons. The van der Waals surface area contributed by atoms with Crippen molar-refractivity contribution < 1.29 is 9.69 Å². The van der Waals surface area contributed by atoms with E-state index in [0.717, 1.165) is 48.5 Å². The normalized spacial score (nSPS) is 19.3. The van der Waals surface area contributed by atoms with Gasteiger partial charge in [0.1, 0.15) is 6.54 Å². The van der Waals surface area contributed by atoms with Gasteiger partial charge in [-0.05, 0) is 32.0 Å². The van der Waals surface area contributed by atoms with Crippen molar-refractivity contribution in [2.24, 2.45) is 0 Å². The second kappa shape index (κ2) is 7.45. The molecule has 1 aliphatic rings. The van der Waals surface area contributed by atoms with Crippen LogP contribution in [-0.4, -0.2) is 35.0 Å². The average molecular weight is 361 g/mol. The summed E-state index contributed by atoms with van der Waals surface area (Å²) >= 11 is 0. The molecule has 1 fully saturated rings. The lowest BCUT2D eigenvalue weighted by molar-refractivity contribution is -0.901. The fourth-order valence-corrected chi connectivity index (χ4v) is 3.74. The number of aryl methyl sites for hydroxylation is 2. The highest BCUT2D eigenvalue weighted by molar-refractivity contribution is 5.97. The molecular formula is C22H25N4O+. The van der Waals surface area contributed by atoms with Crippen LogP contribution in [0.15, 0.2) is 48.5 Å². The SMILES string of the molecule is Cc1nc2ccc(C(=O)N[C@H]3CC[NH+](Cc4ccccc4)C3)cc2nc1C. The number of fused-ring (bicyclic) bond motifs is 1. The van der Waals surface area contributed by atoms with E-state index in [1.165, 1.54) is 10.5 Å². The van der Waals surface area contributed by atoms with Gasteiger partial charge in [-0.25, -0.2) is 9.97 Å². The van der Waals surface area contributed by atoms with Crippen molar-refractivity contribution in [3.63, 3.8) is 0 Å². The first-order valence-corrected chi connectivity index (χ1v) is 9.52. The highest BCUT2D eigenvalue weighted by Gasteiger charge is 2.27. The minimum atomic E-state index is -0.0251. The van der Waals surface area contributed by atoms with Crippen molar-refractivity contribution in [1.29, 1.82) is 0 Å². The lowest BCUT2D eigenvalue weighted by atomic mass is 10.1. The highest BCUT2D eigenvalue weighted by atomic mass is 16.1. The third-order valence-electron chi connectivity index (χ3n) is 5.35. The van der Waals surface area contributed by atoms with E-state index >= 15 is 0 Å². The summed E-state index contributed by atoms with van der Waals surface area (Å²) in [5.41, 5.74) is 5.42. The van der Waals surface area contributed by atoms with Gasteiger partial charge in [-0.2, -0.15) is 0 Å². The number of nitrogens with one attached hydrogen (secondary N) is 2. The number of hydrogen-bond acceptors (Lipinski definition) is 3. The molecule has 2 aromatic carbocycles. The van der Waals surface area contributed by atoms with Crippen LogP contribution < -0.4 is 10.2 Å². The molecule has 0 saturated carbocycles. The first kappa shape index (κ1) is 17.6. The van der Waals surface area contributed by atoms with Crippen LogP contribution in [-0.2, 0) is 6.54 Å². The number of carbonyl (C=O) groups is 1. The Balaban J connectivity index is 1.40. The molecule has 0 bridgehead atoms.